The van der Waals surface area contributed by atoms with Crippen LogP contribution in [0.2, 0.25) is 0 Å². The minimum atomic E-state index is 0.743. The Morgan fingerprint density at radius 2 is 2.21 bits per heavy atom. The molecule has 1 rings (SSSR count). The summed E-state index contributed by atoms with van der Waals surface area (Å²) in [6, 6.07) is 6.35. The van der Waals surface area contributed by atoms with Gasteiger partial charge in [-0.15, -0.1) is 11.8 Å². The lowest BCUT2D eigenvalue weighted by Crippen LogP contribution is -2.00. The summed E-state index contributed by atoms with van der Waals surface area (Å²) in [5.74, 6) is 0.965. The van der Waals surface area contributed by atoms with Crippen LogP contribution >= 0.6 is 11.8 Å². The molecule has 0 radical (unpaired) electrons. The minimum absolute atomic E-state index is 0.743. The molecular formula is C11H17NOS. The molecule has 0 atom stereocenters. The first kappa shape index (κ1) is 11.4. The highest BCUT2D eigenvalue weighted by Crippen LogP contribution is 2.28. The highest BCUT2D eigenvalue weighted by Gasteiger charge is 2.02. The van der Waals surface area contributed by atoms with Gasteiger partial charge in [0.2, 0.25) is 0 Å². The van der Waals surface area contributed by atoms with Crippen molar-refractivity contribution in [3.63, 3.8) is 0 Å². The van der Waals surface area contributed by atoms with Crippen LogP contribution in [0.25, 0.3) is 0 Å². The number of hydrogen-bond acceptors (Lipinski definition) is 3. The SMILES string of the molecule is COc1cc(CCCN)ccc1SC. The normalized spacial score (nSPS) is 10.2. The Balaban J connectivity index is 2.79. The van der Waals surface area contributed by atoms with E-state index in [0.29, 0.717) is 0 Å². The second-order valence-electron chi connectivity index (χ2n) is 3.08. The van der Waals surface area contributed by atoms with Crippen molar-refractivity contribution in [2.45, 2.75) is 17.7 Å². The zero-order valence-electron chi connectivity index (χ0n) is 8.75. The van der Waals surface area contributed by atoms with Gasteiger partial charge in [0, 0.05) is 4.90 Å². The third kappa shape index (κ3) is 2.93. The lowest BCUT2D eigenvalue weighted by Gasteiger charge is -2.08. The Hall–Kier alpha value is -0.670. The van der Waals surface area contributed by atoms with Crippen molar-refractivity contribution in [3.05, 3.63) is 23.8 Å². The summed E-state index contributed by atoms with van der Waals surface area (Å²) in [7, 11) is 1.71. The van der Waals surface area contributed by atoms with E-state index in [4.69, 9.17) is 10.5 Å². The van der Waals surface area contributed by atoms with Crippen molar-refractivity contribution >= 4 is 11.8 Å². The zero-order chi connectivity index (χ0) is 10.4. The molecule has 0 bridgehead atoms. The van der Waals surface area contributed by atoms with Crippen molar-refractivity contribution < 1.29 is 4.74 Å². The summed E-state index contributed by atoms with van der Waals surface area (Å²) in [6.45, 7) is 0.743. The van der Waals surface area contributed by atoms with Crippen LogP contribution in [0.1, 0.15) is 12.0 Å². The van der Waals surface area contributed by atoms with Gasteiger partial charge in [-0.25, -0.2) is 0 Å². The number of benzene rings is 1. The Morgan fingerprint density at radius 3 is 2.79 bits per heavy atom. The molecule has 2 nitrogen and oxygen atoms in total. The number of nitrogens with two attached hydrogens (primary N) is 1. The van der Waals surface area contributed by atoms with Crippen LogP contribution in [0.5, 0.6) is 5.75 Å². The molecule has 2 N–H and O–H groups in total. The van der Waals surface area contributed by atoms with Gasteiger partial charge in [0.25, 0.3) is 0 Å². The van der Waals surface area contributed by atoms with Crippen LogP contribution in [0.4, 0.5) is 0 Å². The summed E-state index contributed by atoms with van der Waals surface area (Å²) in [4.78, 5) is 1.18. The fourth-order valence-electron chi connectivity index (χ4n) is 1.34. The van der Waals surface area contributed by atoms with E-state index in [9.17, 15) is 0 Å². The Labute approximate surface area is 89.8 Å². The molecular weight excluding hydrogens is 194 g/mol. The first-order valence-electron chi connectivity index (χ1n) is 4.72. The van der Waals surface area contributed by atoms with E-state index in [2.05, 4.69) is 24.5 Å². The van der Waals surface area contributed by atoms with Gasteiger partial charge < -0.3 is 10.5 Å². The maximum atomic E-state index is 5.47. The van der Waals surface area contributed by atoms with Crippen molar-refractivity contribution in [1.82, 2.24) is 0 Å². The number of ether oxygens (including phenoxy) is 1. The van der Waals surface area contributed by atoms with Gasteiger partial charge >= 0.3 is 0 Å². The topological polar surface area (TPSA) is 35.2 Å². The maximum absolute atomic E-state index is 5.47. The fraction of sp³-hybridized carbons (Fsp3) is 0.455. The van der Waals surface area contributed by atoms with E-state index in [1.54, 1.807) is 18.9 Å². The van der Waals surface area contributed by atoms with Gasteiger partial charge in [-0.2, -0.15) is 0 Å². The highest BCUT2D eigenvalue weighted by atomic mass is 32.2. The summed E-state index contributed by atoms with van der Waals surface area (Å²) < 4.78 is 5.30. The molecule has 0 aliphatic rings. The quantitative estimate of drug-likeness (QED) is 0.759. The first-order valence-corrected chi connectivity index (χ1v) is 5.95. The van der Waals surface area contributed by atoms with E-state index in [0.717, 1.165) is 25.1 Å². The Kier molecular flexibility index (Phi) is 4.84. The van der Waals surface area contributed by atoms with E-state index in [1.807, 2.05) is 0 Å². The van der Waals surface area contributed by atoms with Gasteiger partial charge in [-0.3, -0.25) is 0 Å². The molecule has 1 aromatic carbocycles. The molecule has 0 unspecified atom stereocenters. The van der Waals surface area contributed by atoms with Crippen molar-refractivity contribution in [3.8, 4) is 5.75 Å². The number of thioether (sulfide) groups is 1. The number of hydrogen-bond donors (Lipinski definition) is 1. The predicted molar refractivity (Wildman–Crippen MR) is 62.2 cm³/mol. The largest absolute Gasteiger partial charge is 0.496 e. The molecule has 0 aromatic heterocycles. The summed E-state index contributed by atoms with van der Waals surface area (Å²) >= 11 is 1.70. The lowest BCUT2D eigenvalue weighted by molar-refractivity contribution is 0.404. The molecule has 78 valence electrons. The highest BCUT2D eigenvalue weighted by molar-refractivity contribution is 7.98. The lowest BCUT2D eigenvalue weighted by atomic mass is 10.1. The van der Waals surface area contributed by atoms with Crippen molar-refractivity contribution in [2.24, 2.45) is 5.73 Å². The molecule has 1 aromatic rings. The molecule has 0 heterocycles. The zero-order valence-corrected chi connectivity index (χ0v) is 9.56. The molecule has 0 saturated carbocycles. The summed E-state index contributed by atoms with van der Waals surface area (Å²) in [5.41, 5.74) is 6.76. The van der Waals surface area contributed by atoms with Crippen LogP contribution in [-0.4, -0.2) is 19.9 Å². The molecule has 0 amide bonds. The molecule has 14 heavy (non-hydrogen) atoms. The van der Waals surface area contributed by atoms with Crippen LogP contribution in [0.3, 0.4) is 0 Å². The van der Waals surface area contributed by atoms with Gasteiger partial charge in [0.05, 0.1) is 7.11 Å². The van der Waals surface area contributed by atoms with Crippen molar-refractivity contribution in [1.29, 1.82) is 0 Å². The van der Waals surface area contributed by atoms with Crippen LogP contribution < -0.4 is 10.5 Å². The van der Waals surface area contributed by atoms with Gasteiger partial charge in [0.1, 0.15) is 5.75 Å². The monoisotopic (exact) mass is 211 g/mol. The standard InChI is InChI=1S/C11H17NOS/c1-13-10-8-9(4-3-7-12)5-6-11(10)14-2/h5-6,8H,3-4,7,12H2,1-2H3. The molecule has 0 spiro atoms. The summed E-state index contributed by atoms with van der Waals surface area (Å²) in [5, 5.41) is 0. The van der Waals surface area contributed by atoms with Gasteiger partial charge in [-0.05, 0) is 43.3 Å². The number of methoxy groups -OCH3 is 1. The maximum Gasteiger partial charge on any atom is 0.132 e. The molecule has 0 fully saturated rings. The second-order valence-corrected chi connectivity index (χ2v) is 3.93. The van der Waals surface area contributed by atoms with Crippen LogP contribution in [0, 0.1) is 0 Å². The fourth-order valence-corrected chi connectivity index (χ4v) is 1.89. The van der Waals surface area contributed by atoms with E-state index >= 15 is 0 Å². The molecule has 3 heteroatoms. The average molecular weight is 211 g/mol. The predicted octanol–water partition coefficient (Wildman–Crippen LogP) is 2.31. The smallest absolute Gasteiger partial charge is 0.132 e. The second kappa shape index (κ2) is 5.94. The van der Waals surface area contributed by atoms with Gasteiger partial charge in [-0.1, -0.05) is 6.07 Å². The average Bonchev–Trinajstić information content (AvgIpc) is 2.25. The van der Waals surface area contributed by atoms with E-state index in [1.165, 1.54) is 10.5 Å². The molecule has 0 aliphatic heterocycles. The third-order valence-corrected chi connectivity index (χ3v) is 2.89. The first-order chi connectivity index (χ1) is 6.81. The van der Waals surface area contributed by atoms with Crippen molar-refractivity contribution in [2.75, 3.05) is 19.9 Å². The number of rotatable bonds is 5. The van der Waals surface area contributed by atoms with Crippen LogP contribution in [-0.2, 0) is 6.42 Å². The van der Waals surface area contributed by atoms with E-state index in [-0.39, 0.29) is 0 Å². The van der Waals surface area contributed by atoms with E-state index < -0.39 is 0 Å². The summed E-state index contributed by atoms with van der Waals surface area (Å²) in [6.07, 6.45) is 4.11. The van der Waals surface area contributed by atoms with Gasteiger partial charge in [0.15, 0.2) is 0 Å². The number of aryl methyl sites for hydroxylation is 1. The third-order valence-electron chi connectivity index (χ3n) is 2.12. The Bertz CT molecular complexity index is 289. The van der Waals surface area contributed by atoms with Crippen LogP contribution in [0.15, 0.2) is 23.1 Å². The minimum Gasteiger partial charge on any atom is -0.496 e. The Morgan fingerprint density at radius 1 is 1.43 bits per heavy atom. The molecule has 0 aliphatic carbocycles. The molecule has 0 saturated heterocycles.